The summed E-state index contributed by atoms with van der Waals surface area (Å²) in [5.74, 6) is -0.836. The Bertz CT molecular complexity index is 1390. The van der Waals surface area contributed by atoms with Crippen LogP contribution in [-0.4, -0.2) is 19.2 Å². The van der Waals surface area contributed by atoms with Crippen molar-refractivity contribution in [2.75, 3.05) is 5.32 Å². The number of para-hydroxylation sites is 1. The van der Waals surface area contributed by atoms with Gasteiger partial charge in [-0.25, -0.2) is 0 Å². The van der Waals surface area contributed by atoms with Crippen molar-refractivity contribution in [2.45, 2.75) is 11.8 Å². The molecule has 166 valence electrons. The second-order valence-corrected chi connectivity index (χ2v) is 8.37. The Kier molecular flexibility index (Phi) is 6.85. The number of benzene rings is 3. The second kappa shape index (κ2) is 9.76. The van der Waals surface area contributed by atoms with E-state index < -0.39 is 31.5 Å². The Morgan fingerprint density at radius 1 is 1.09 bits per heavy atom. The van der Waals surface area contributed by atoms with Crippen LogP contribution in [0.25, 0.3) is 6.08 Å². The van der Waals surface area contributed by atoms with E-state index in [-0.39, 0.29) is 16.9 Å². The maximum atomic E-state index is 12.7. The molecular weight excluding hydrogens is 446 g/mol. The first-order valence-electron chi connectivity index (χ1n) is 9.47. The van der Waals surface area contributed by atoms with Crippen molar-refractivity contribution in [3.8, 4) is 11.8 Å². The fourth-order valence-electron chi connectivity index (χ4n) is 2.73. The van der Waals surface area contributed by atoms with Crippen LogP contribution in [0.1, 0.15) is 11.1 Å². The van der Waals surface area contributed by atoms with Crippen molar-refractivity contribution in [2.24, 2.45) is 0 Å². The Labute approximate surface area is 189 Å². The average Bonchev–Trinajstić information content (AvgIpc) is 2.79. The van der Waals surface area contributed by atoms with Crippen LogP contribution < -0.4 is 9.50 Å². The fraction of sp³-hybridized carbons (Fsp3) is 0.0435. The molecule has 0 aromatic heterocycles. The number of non-ortho nitro benzene ring substituents is 1. The number of nitriles is 1. The van der Waals surface area contributed by atoms with Gasteiger partial charge in [0.05, 0.1) is 4.92 Å². The topological polar surface area (TPSA) is 139 Å². The van der Waals surface area contributed by atoms with Crippen LogP contribution in [0.5, 0.6) is 5.75 Å². The fourth-order valence-corrected chi connectivity index (χ4v) is 3.73. The molecule has 0 unspecified atom stereocenters. The summed E-state index contributed by atoms with van der Waals surface area (Å²) in [7, 11) is -4.42. The smallest absolute Gasteiger partial charge is 0.339 e. The van der Waals surface area contributed by atoms with Gasteiger partial charge in [-0.15, -0.1) is 0 Å². The van der Waals surface area contributed by atoms with E-state index >= 15 is 0 Å². The van der Waals surface area contributed by atoms with Crippen LogP contribution in [0.3, 0.4) is 0 Å². The van der Waals surface area contributed by atoms with E-state index in [1.165, 1.54) is 30.3 Å². The largest absolute Gasteiger partial charge is 0.378 e. The lowest BCUT2D eigenvalue weighted by atomic mass is 10.1. The minimum atomic E-state index is -4.42. The summed E-state index contributed by atoms with van der Waals surface area (Å²) in [5.41, 5.74) is 0.957. The van der Waals surface area contributed by atoms with Gasteiger partial charge in [0.15, 0.2) is 0 Å². The molecular formula is C23H17N3O6S. The van der Waals surface area contributed by atoms with Crippen molar-refractivity contribution in [3.63, 3.8) is 0 Å². The van der Waals surface area contributed by atoms with E-state index in [9.17, 15) is 28.6 Å². The molecule has 0 atom stereocenters. The molecule has 1 N–H and O–H groups in total. The van der Waals surface area contributed by atoms with Gasteiger partial charge in [0.2, 0.25) is 0 Å². The third-order valence-electron chi connectivity index (χ3n) is 4.41. The molecule has 0 heterocycles. The molecule has 9 nitrogen and oxygen atoms in total. The van der Waals surface area contributed by atoms with Gasteiger partial charge in [-0.05, 0) is 37.3 Å². The molecule has 0 saturated carbocycles. The molecule has 0 aliphatic rings. The number of hydrogen-bond donors (Lipinski definition) is 1. The molecule has 0 saturated heterocycles. The third kappa shape index (κ3) is 5.81. The van der Waals surface area contributed by atoms with E-state index in [0.29, 0.717) is 5.69 Å². The molecule has 3 aromatic carbocycles. The number of amides is 1. The molecule has 0 aliphatic carbocycles. The van der Waals surface area contributed by atoms with Gasteiger partial charge in [-0.2, -0.15) is 13.7 Å². The normalized spacial score (nSPS) is 11.3. The van der Waals surface area contributed by atoms with E-state index in [4.69, 9.17) is 4.18 Å². The lowest BCUT2D eigenvalue weighted by Gasteiger charge is -2.10. The van der Waals surface area contributed by atoms with Crippen molar-refractivity contribution >= 4 is 33.5 Å². The Hall–Kier alpha value is -4.49. The molecule has 0 aliphatic heterocycles. The van der Waals surface area contributed by atoms with Crippen molar-refractivity contribution in [1.82, 2.24) is 0 Å². The summed E-state index contributed by atoms with van der Waals surface area (Å²) >= 11 is 0. The number of anilines is 1. The first kappa shape index (κ1) is 23.2. The summed E-state index contributed by atoms with van der Waals surface area (Å²) in [4.78, 5) is 22.3. The molecule has 33 heavy (non-hydrogen) atoms. The van der Waals surface area contributed by atoms with Crippen LogP contribution in [0.15, 0.2) is 83.3 Å². The van der Waals surface area contributed by atoms with E-state index in [0.717, 1.165) is 23.8 Å². The lowest BCUT2D eigenvalue weighted by molar-refractivity contribution is -0.385. The number of nitro groups is 1. The van der Waals surface area contributed by atoms with Crippen LogP contribution in [0.2, 0.25) is 0 Å². The first-order valence-corrected chi connectivity index (χ1v) is 10.9. The maximum Gasteiger partial charge on any atom is 0.339 e. The highest BCUT2D eigenvalue weighted by atomic mass is 32.2. The summed E-state index contributed by atoms with van der Waals surface area (Å²) in [6.45, 7) is 1.89. The number of hydrogen-bond acceptors (Lipinski definition) is 7. The summed E-state index contributed by atoms with van der Waals surface area (Å²) < 4.78 is 30.5. The molecule has 0 fully saturated rings. The van der Waals surface area contributed by atoms with Crippen LogP contribution in [0, 0.1) is 28.4 Å². The molecule has 3 rings (SSSR count). The molecule has 0 radical (unpaired) electrons. The van der Waals surface area contributed by atoms with Crippen LogP contribution in [-0.2, 0) is 14.9 Å². The second-order valence-electron chi connectivity index (χ2n) is 6.82. The number of carbonyl (C=O) groups is 1. The Morgan fingerprint density at radius 2 is 1.79 bits per heavy atom. The average molecular weight is 463 g/mol. The van der Waals surface area contributed by atoms with Gasteiger partial charge in [-0.1, -0.05) is 42.0 Å². The molecule has 3 aromatic rings. The Morgan fingerprint density at radius 3 is 2.45 bits per heavy atom. The summed E-state index contributed by atoms with van der Waals surface area (Å²) in [6.07, 6.45) is 1.20. The molecule has 10 heteroatoms. The number of nitrogens with zero attached hydrogens (tertiary/aromatic N) is 2. The predicted molar refractivity (Wildman–Crippen MR) is 121 cm³/mol. The number of rotatable bonds is 7. The predicted octanol–water partition coefficient (Wildman–Crippen LogP) is 4.22. The number of aryl methyl sites for hydroxylation is 1. The van der Waals surface area contributed by atoms with E-state index in [2.05, 4.69) is 5.32 Å². The summed E-state index contributed by atoms with van der Waals surface area (Å²) in [6, 6.07) is 19.1. The van der Waals surface area contributed by atoms with Gasteiger partial charge in [0, 0.05) is 23.4 Å². The SMILES string of the molecule is Cc1ccc(NC(=O)/C(C#N)=C\c2ccccc2OS(=O)(=O)c2cccc([N+](=O)[O-])c2)cc1. The minimum absolute atomic E-state index is 0.153. The summed E-state index contributed by atoms with van der Waals surface area (Å²) in [5, 5.41) is 23.0. The zero-order chi connectivity index (χ0) is 24.0. The third-order valence-corrected chi connectivity index (χ3v) is 5.64. The number of carbonyl (C=O) groups excluding carboxylic acids is 1. The highest BCUT2D eigenvalue weighted by molar-refractivity contribution is 7.87. The Balaban J connectivity index is 1.90. The zero-order valence-corrected chi connectivity index (χ0v) is 18.1. The highest BCUT2D eigenvalue weighted by Crippen LogP contribution is 2.26. The van der Waals surface area contributed by atoms with Gasteiger partial charge in [-0.3, -0.25) is 14.9 Å². The number of nitrogens with one attached hydrogen (secondary N) is 1. The molecule has 1 amide bonds. The van der Waals surface area contributed by atoms with Gasteiger partial charge in [0.25, 0.3) is 11.6 Å². The maximum absolute atomic E-state index is 12.7. The minimum Gasteiger partial charge on any atom is -0.378 e. The highest BCUT2D eigenvalue weighted by Gasteiger charge is 2.21. The monoisotopic (exact) mass is 463 g/mol. The van der Waals surface area contributed by atoms with Crippen LogP contribution >= 0.6 is 0 Å². The standard InChI is InChI=1S/C23H17N3O6S/c1-16-9-11-19(12-10-16)25-23(27)18(15-24)13-17-5-2-3-8-22(17)32-33(30,31)21-7-4-6-20(14-21)26(28)29/h2-14H,1H3,(H,25,27)/b18-13-. The quantitative estimate of drug-likeness (QED) is 0.182. The van der Waals surface area contributed by atoms with E-state index in [1.54, 1.807) is 36.4 Å². The van der Waals surface area contributed by atoms with E-state index in [1.807, 2.05) is 6.92 Å². The van der Waals surface area contributed by atoms with Crippen molar-refractivity contribution in [3.05, 3.63) is 99.6 Å². The van der Waals surface area contributed by atoms with Gasteiger partial charge >= 0.3 is 10.1 Å². The lowest BCUT2D eigenvalue weighted by Crippen LogP contribution is -2.14. The zero-order valence-electron chi connectivity index (χ0n) is 17.3. The number of nitro benzene ring substituents is 1. The van der Waals surface area contributed by atoms with Gasteiger partial charge < -0.3 is 9.50 Å². The van der Waals surface area contributed by atoms with Crippen molar-refractivity contribution in [1.29, 1.82) is 5.26 Å². The van der Waals surface area contributed by atoms with Gasteiger partial charge in [0.1, 0.15) is 22.3 Å². The first-order chi connectivity index (χ1) is 15.7. The van der Waals surface area contributed by atoms with Crippen LogP contribution in [0.4, 0.5) is 11.4 Å². The molecule has 0 spiro atoms. The van der Waals surface area contributed by atoms with Crippen molar-refractivity contribution < 1.29 is 22.3 Å². The molecule has 0 bridgehead atoms.